The van der Waals surface area contributed by atoms with Gasteiger partial charge in [-0.1, -0.05) is 24.6 Å². The molecule has 2 aliphatic rings. The molecule has 164 valence electrons. The quantitative estimate of drug-likeness (QED) is 0.597. The van der Waals surface area contributed by atoms with Crippen molar-refractivity contribution in [2.24, 2.45) is 5.92 Å². The minimum atomic E-state index is -3.47. The molecule has 0 spiro atoms. The van der Waals surface area contributed by atoms with E-state index in [2.05, 4.69) is 11.8 Å². The van der Waals surface area contributed by atoms with Gasteiger partial charge in [0.2, 0.25) is 10.0 Å². The van der Waals surface area contributed by atoms with E-state index in [1.165, 1.54) is 22.2 Å². The lowest BCUT2D eigenvalue weighted by Crippen LogP contribution is -2.49. The first kappa shape index (κ1) is 20.8. The van der Waals surface area contributed by atoms with E-state index in [4.69, 9.17) is 9.97 Å². The number of sulfonamides is 1. The lowest BCUT2D eigenvalue weighted by atomic mass is 9.89. The Balaban J connectivity index is 1.42. The van der Waals surface area contributed by atoms with Crippen molar-refractivity contribution in [1.29, 1.82) is 0 Å². The minimum Gasteiger partial charge on any atom is -0.353 e. The van der Waals surface area contributed by atoms with Crippen LogP contribution in [0.5, 0.6) is 0 Å². The Hall–Kier alpha value is -2.03. The van der Waals surface area contributed by atoms with E-state index in [1.54, 1.807) is 16.4 Å². The van der Waals surface area contributed by atoms with Crippen LogP contribution < -0.4 is 4.90 Å². The summed E-state index contributed by atoms with van der Waals surface area (Å²) >= 11 is 1.81. The standard InChI is InChI=1S/C23H28N4O2S2/c1-15-4-7-18(8-5-15)31(28,29)27-12-10-26(11-13-27)22-21-19-9-6-16(2)14-20(19)30-23(21)25-17(3)24-22/h4-5,7-8,16H,6,9-14H2,1-3H3/t16-/m0/s1. The molecule has 1 atom stereocenters. The summed E-state index contributed by atoms with van der Waals surface area (Å²) in [7, 11) is -3.47. The molecule has 0 N–H and O–H groups in total. The molecule has 31 heavy (non-hydrogen) atoms. The van der Waals surface area contributed by atoms with Crippen LogP contribution in [0.15, 0.2) is 29.2 Å². The molecule has 6 nitrogen and oxygen atoms in total. The van der Waals surface area contributed by atoms with Crippen LogP contribution in [0, 0.1) is 19.8 Å². The second-order valence-corrected chi connectivity index (χ2v) is 11.9. The number of aryl methyl sites for hydroxylation is 3. The summed E-state index contributed by atoms with van der Waals surface area (Å²) in [6, 6.07) is 7.11. The number of thiophene rings is 1. The van der Waals surface area contributed by atoms with Gasteiger partial charge in [-0.3, -0.25) is 0 Å². The van der Waals surface area contributed by atoms with Crippen LogP contribution in [-0.4, -0.2) is 48.9 Å². The second kappa shape index (κ2) is 7.83. The van der Waals surface area contributed by atoms with Crippen LogP contribution in [0.25, 0.3) is 10.2 Å². The van der Waals surface area contributed by atoms with E-state index in [-0.39, 0.29) is 0 Å². The summed E-state index contributed by atoms with van der Waals surface area (Å²) in [5, 5.41) is 1.20. The Bertz CT molecular complexity index is 1230. The Morgan fingerprint density at radius 3 is 2.45 bits per heavy atom. The zero-order valence-corrected chi connectivity index (χ0v) is 19.9. The number of hydrogen-bond acceptors (Lipinski definition) is 6. The molecule has 3 heterocycles. The van der Waals surface area contributed by atoms with Crippen molar-refractivity contribution in [2.45, 2.75) is 44.9 Å². The Morgan fingerprint density at radius 2 is 1.74 bits per heavy atom. The largest absolute Gasteiger partial charge is 0.353 e. The third kappa shape index (κ3) is 3.75. The SMILES string of the molecule is Cc1ccc(S(=O)(=O)N2CCN(c3nc(C)nc4sc5c(c34)CC[C@H](C)C5)CC2)cc1. The predicted octanol–water partition coefficient (Wildman–Crippen LogP) is 3.94. The van der Waals surface area contributed by atoms with Gasteiger partial charge in [0.25, 0.3) is 0 Å². The van der Waals surface area contributed by atoms with Gasteiger partial charge in [0.15, 0.2) is 0 Å². The minimum absolute atomic E-state index is 0.368. The first-order valence-electron chi connectivity index (χ1n) is 10.9. The zero-order valence-electron chi connectivity index (χ0n) is 18.3. The number of aromatic nitrogens is 2. The van der Waals surface area contributed by atoms with Crippen molar-refractivity contribution in [1.82, 2.24) is 14.3 Å². The van der Waals surface area contributed by atoms with E-state index in [1.807, 2.05) is 37.3 Å². The topological polar surface area (TPSA) is 66.4 Å². The van der Waals surface area contributed by atoms with Crippen molar-refractivity contribution >= 4 is 37.4 Å². The molecule has 0 radical (unpaired) electrons. The van der Waals surface area contributed by atoms with Crippen LogP contribution in [0.2, 0.25) is 0 Å². The average molecular weight is 457 g/mol. The first-order chi connectivity index (χ1) is 14.8. The molecule has 1 aliphatic carbocycles. The molecule has 0 amide bonds. The lowest BCUT2D eigenvalue weighted by Gasteiger charge is -2.35. The maximum atomic E-state index is 13.1. The fourth-order valence-corrected chi connectivity index (χ4v) is 7.50. The highest BCUT2D eigenvalue weighted by Crippen LogP contribution is 2.41. The highest BCUT2D eigenvalue weighted by Gasteiger charge is 2.31. The molecule has 2 aromatic heterocycles. The molecule has 0 saturated carbocycles. The fourth-order valence-electron chi connectivity index (χ4n) is 4.66. The average Bonchev–Trinajstić information content (AvgIpc) is 3.10. The van der Waals surface area contributed by atoms with Crippen molar-refractivity contribution in [2.75, 3.05) is 31.1 Å². The third-order valence-electron chi connectivity index (χ3n) is 6.44. The molecule has 1 aliphatic heterocycles. The third-order valence-corrected chi connectivity index (χ3v) is 9.51. The molecule has 0 unspecified atom stereocenters. The van der Waals surface area contributed by atoms with Gasteiger partial charge in [-0.2, -0.15) is 4.31 Å². The van der Waals surface area contributed by atoms with Crippen LogP contribution in [0.4, 0.5) is 5.82 Å². The van der Waals surface area contributed by atoms with Gasteiger partial charge in [-0.25, -0.2) is 18.4 Å². The summed E-state index contributed by atoms with van der Waals surface area (Å²) in [5.74, 6) is 2.49. The molecule has 1 saturated heterocycles. The van der Waals surface area contributed by atoms with Crippen LogP contribution in [0.3, 0.4) is 0 Å². The van der Waals surface area contributed by atoms with Crippen molar-refractivity contribution in [3.63, 3.8) is 0 Å². The number of benzene rings is 1. The number of fused-ring (bicyclic) bond motifs is 3. The fraction of sp³-hybridized carbons (Fsp3) is 0.478. The van der Waals surface area contributed by atoms with E-state index < -0.39 is 10.0 Å². The van der Waals surface area contributed by atoms with Gasteiger partial charge in [-0.05, 0) is 56.7 Å². The normalized spacial score (nSPS) is 20.2. The highest BCUT2D eigenvalue weighted by molar-refractivity contribution is 7.89. The van der Waals surface area contributed by atoms with E-state index in [0.29, 0.717) is 37.0 Å². The van der Waals surface area contributed by atoms with Gasteiger partial charge < -0.3 is 4.90 Å². The molecule has 1 aromatic carbocycles. The van der Waals surface area contributed by atoms with Gasteiger partial charge in [0, 0.05) is 31.1 Å². The Kier molecular flexibility index (Phi) is 5.27. The van der Waals surface area contributed by atoms with Crippen LogP contribution in [0.1, 0.15) is 35.2 Å². The number of anilines is 1. The zero-order chi connectivity index (χ0) is 21.8. The predicted molar refractivity (Wildman–Crippen MR) is 125 cm³/mol. The van der Waals surface area contributed by atoms with Crippen LogP contribution in [-0.2, 0) is 22.9 Å². The smallest absolute Gasteiger partial charge is 0.243 e. The van der Waals surface area contributed by atoms with Gasteiger partial charge in [0.1, 0.15) is 16.5 Å². The second-order valence-electron chi connectivity index (χ2n) is 8.83. The van der Waals surface area contributed by atoms with E-state index in [9.17, 15) is 8.42 Å². The lowest BCUT2D eigenvalue weighted by molar-refractivity contribution is 0.384. The molecular weight excluding hydrogens is 428 g/mol. The number of rotatable bonds is 3. The molecule has 1 fully saturated rings. The number of piperazine rings is 1. The summed E-state index contributed by atoms with van der Waals surface area (Å²) in [6.07, 6.45) is 3.41. The highest BCUT2D eigenvalue weighted by atomic mass is 32.2. The van der Waals surface area contributed by atoms with E-state index in [0.717, 1.165) is 34.9 Å². The van der Waals surface area contributed by atoms with Crippen molar-refractivity contribution in [3.05, 3.63) is 46.1 Å². The number of nitrogens with zero attached hydrogens (tertiary/aromatic N) is 4. The monoisotopic (exact) mass is 456 g/mol. The molecular formula is C23H28N4O2S2. The Morgan fingerprint density at radius 1 is 1.03 bits per heavy atom. The molecule has 3 aromatic rings. The van der Waals surface area contributed by atoms with E-state index >= 15 is 0 Å². The molecule has 0 bridgehead atoms. The maximum Gasteiger partial charge on any atom is 0.243 e. The van der Waals surface area contributed by atoms with Crippen LogP contribution >= 0.6 is 11.3 Å². The van der Waals surface area contributed by atoms with Crippen molar-refractivity contribution < 1.29 is 8.42 Å². The van der Waals surface area contributed by atoms with Gasteiger partial charge in [-0.15, -0.1) is 11.3 Å². The summed E-state index contributed by atoms with van der Waals surface area (Å²) in [5.41, 5.74) is 2.48. The summed E-state index contributed by atoms with van der Waals surface area (Å²) in [6.45, 7) is 8.42. The Labute approximate surface area is 188 Å². The summed E-state index contributed by atoms with van der Waals surface area (Å²) < 4.78 is 27.7. The van der Waals surface area contributed by atoms with Gasteiger partial charge in [0.05, 0.1) is 10.3 Å². The number of hydrogen-bond donors (Lipinski definition) is 0. The molecule has 5 rings (SSSR count). The van der Waals surface area contributed by atoms with Gasteiger partial charge >= 0.3 is 0 Å². The van der Waals surface area contributed by atoms with Crippen molar-refractivity contribution in [3.8, 4) is 0 Å². The summed E-state index contributed by atoms with van der Waals surface area (Å²) in [4.78, 5) is 14.7. The molecule has 8 heteroatoms. The maximum absolute atomic E-state index is 13.1. The first-order valence-corrected chi connectivity index (χ1v) is 13.2.